The first-order chi connectivity index (χ1) is 6.41. The van der Waals surface area contributed by atoms with Gasteiger partial charge in [0.2, 0.25) is 0 Å². The molecular weight excluding hydrogens is 200 g/mol. The third kappa shape index (κ3) is 1.94. The Labute approximate surface area is 86.4 Å². The normalized spacial score (nSPS) is 33.5. The van der Waals surface area contributed by atoms with E-state index in [4.69, 9.17) is 9.89 Å². The number of nitrogens with zero attached hydrogens (tertiary/aromatic N) is 1. The van der Waals surface area contributed by atoms with Crippen LogP contribution >= 0.6 is 0 Å². The van der Waals surface area contributed by atoms with Gasteiger partial charge in [-0.3, -0.25) is 0 Å². The van der Waals surface area contributed by atoms with Gasteiger partial charge in [-0.05, 0) is 33.1 Å². The Morgan fingerprint density at radius 1 is 1.64 bits per heavy atom. The standard InChI is InChI=1S/C9H20N2O2S/c1-7(2)14(10,13)11-5-4-9(6-12)8(11)3/h7-10,12H,4-6H2,1-3H3. The summed E-state index contributed by atoms with van der Waals surface area (Å²) in [4.78, 5) is 0. The van der Waals surface area contributed by atoms with Crippen molar-refractivity contribution in [1.82, 2.24) is 4.31 Å². The summed E-state index contributed by atoms with van der Waals surface area (Å²) in [6.07, 6.45) is 0.847. The zero-order valence-electron chi connectivity index (χ0n) is 9.06. The molecule has 1 aliphatic rings. The fourth-order valence-electron chi connectivity index (χ4n) is 1.87. The van der Waals surface area contributed by atoms with E-state index in [9.17, 15) is 4.21 Å². The summed E-state index contributed by atoms with van der Waals surface area (Å²) in [5.74, 6) is 0.180. The van der Waals surface area contributed by atoms with Crippen LogP contribution in [0, 0.1) is 10.7 Å². The summed E-state index contributed by atoms with van der Waals surface area (Å²) in [6.45, 7) is 6.38. The van der Waals surface area contributed by atoms with Crippen molar-refractivity contribution in [2.75, 3.05) is 13.2 Å². The van der Waals surface area contributed by atoms with Crippen LogP contribution in [0.3, 0.4) is 0 Å². The molecule has 0 aromatic rings. The molecule has 0 bridgehead atoms. The number of rotatable bonds is 3. The first kappa shape index (κ1) is 11.9. The lowest BCUT2D eigenvalue weighted by Gasteiger charge is -2.27. The number of nitrogens with one attached hydrogen (secondary N) is 1. The van der Waals surface area contributed by atoms with Crippen LogP contribution in [0.4, 0.5) is 0 Å². The SMILES string of the molecule is CC1C(CO)CCN1S(=N)(=O)C(C)C. The van der Waals surface area contributed by atoms with Crippen LogP contribution in [-0.2, 0) is 9.92 Å². The van der Waals surface area contributed by atoms with Gasteiger partial charge >= 0.3 is 0 Å². The molecule has 2 N–H and O–H groups in total. The van der Waals surface area contributed by atoms with E-state index in [0.29, 0.717) is 6.54 Å². The number of aliphatic hydroxyl groups is 1. The summed E-state index contributed by atoms with van der Waals surface area (Å²) in [6, 6.07) is 0.0624. The molecule has 0 amide bonds. The van der Waals surface area contributed by atoms with E-state index in [1.54, 1.807) is 4.31 Å². The maximum Gasteiger partial charge on any atom is 0.110 e. The monoisotopic (exact) mass is 220 g/mol. The van der Waals surface area contributed by atoms with Gasteiger partial charge in [-0.2, -0.15) is 0 Å². The largest absolute Gasteiger partial charge is 0.396 e. The quantitative estimate of drug-likeness (QED) is 0.747. The van der Waals surface area contributed by atoms with E-state index in [1.807, 2.05) is 20.8 Å². The Balaban J connectivity index is 2.82. The lowest BCUT2D eigenvalue weighted by Crippen LogP contribution is -2.39. The summed E-state index contributed by atoms with van der Waals surface area (Å²) in [5.41, 5.74) is 0. The van der Waals surface area contributed by atoms with Gasteiger partial charge in [-0.25, -0.2) is 13.3 Å². The Kier molecular flexibility index (Phi) is 3.55. The van der Waals surface area contributed by atoms with Crippen molar-refractivity contribution < 1.29 is 9.32 Å². The van der Waals surface area contributed by atoms with Crippen LogP contribution in [-0.4, -0.2) is 38.1 Å². The van der Waals surface area contributed by atoms with Crippen molar-refractivity contribution in [3.05, 3.63) is 0 Å². The van der Waals surface area contributed by atoms with Crippen LogP contribution in [0.1, 0.15) is 27.2 Å². The lowest BCUT2D eigenvalue weighted by molar-refractivity contribution is 0.206. The van der Waals surface area contributed by atoms with Gasteiger partial charge in [0.25, 0.3) is 0 Å². The minimum Gasteiger partial charge on any atom is -0.396 e. The topological polar surface area (TPSA) is 64.4 Å². The third-order valence-corrected chi connectivity index (χ3v) is 5.57. The van der Waals surface area contributed by atoms with Crippen LogP contribution < -0.4 is 0 Å². The van der Waals surface area contributed by atoms with E-state index in [1.165, 1.54) is 0 Å². The van der Waals surface area contributed by atoms with E-state index >= 15 is 0 Å². The van der Waals surface area contributed by atoms with Gasteiger partial charge in [0.1, 0.15) is 9.92 Å². The molecule has 14 heavy (non-hydrogen) atoms. The minimum absolute atomic E-state index is 0.0624. The van der Waals surface area contributed by atoms with Crippen molar-refractivity contribution in [2.24, 2.45) is 5.92 Å². The van der Waals surface area contributed by atoms with Gasteiger partial charge in [0.05, 0.1) is 5.25 Å². The Morgan fingerprint density at radius 3 is 2.57 bits per heavy atom. The van der Waals surface area contributed by atoms with Gasteiger partial charge in [0, 0.05) is 19.2 Å². The smallest absolute Gasteiger partial charge is 0.110 e. The van der Waals surface area contributed by atoms with Crippen LogP contribution in [0.2, 0.25) is 0 Å². The molecule has 1 aliphatic heterocycles. The zero-order valence-corrected chi connectivity index (χ0v) is 9.88. The fourth-order valence-corrected chi connectivity index (χ4v) is 3.45. The molecule has 0 aliphatic carbocycles. The molecule has 0 saturated carbocycles. The predicted molar refractivity (Wildman–Crippen MR) is 57.4 cm³/mol. The van der Waals surface area contributed by atoms with Crippen LogP contribution in [0.5, 0.6) is 0 Å². The van der Waals surface area contributed by atoms with Crippen molar-refractivity contribution in [2.45, 2.75) is 38.5 Å². The second-order valence-electron chi connectivity index (χ2n) is 4.23. The molecule has 4 nitrogen and oxygen atoms in total. The average molecular weight is 220 g/mol. The predicted octanol–water partition coefficient (Wildman–Crippen LogP) is 1.06. The van der Waals surface area contributed by atoms with E-state index in [0.717, 1.165) is 6.42 Å². The third-order valence-electron chi connectivity index (χ3n) is 3.08. The Morgan fingerprint density at radius 2 is 2.21 bits per heavy atom. The molecule has 0 radical (unpaired) electrons. The van der Waals surface area contributed by atoms with Crippen molar-refractivity contribution in [3.8, 4) is 0 Å². The van der Waals surface area contributed by atoms with Crippen molar-refractivity contribution >= 4 is 9.92 Å². The van der Waals surface area contributed by atoms with Gasteiger partial charge in [-0.1, -0.05) is 0 Å². The van der Waals surface area contributed by atoms with Gasteiger partial charge in [-0.15, -0.1) is 0 Å². The van der Waals surface area contributed by atoms with Crippen LogP contribution in [0.25, 0.3) is 0 Å². The number of hydrogen-bond acceptors (Lipinski definition) is 3. The average Bonchev–Trinajstić information content (AvgIpc) is 2.46. The van der Waals surface area contributed by atoms with Crippen molar-refractivity contribution in [3.63, 3.8) is 0 Å². The highest BCUT2D eigenvalue weighted by atomic mass is 32.2. The number of aliphatic hydroxyl groups excluding tert-OH is 1. The van der Waals surface area contributed by atoms with Gasteiger partial charge < -0.3 is 5.11 Å². The van der Waals surface area contributed by atoms with Crippen molar-refractivity contribution in [1.29, 1.82) is 4.78 Å². The Hall–Kier alpha value is -0.130. The second kappa shape index (κ2) is 4.16. The second-order valence-corrected chi connectivity index (χ2v) is 6.78. The lowest BCUT2D eigenvalue weighted by atomic mass is 10.0. The summed E-state index contributed by atoms with van der Waals surface area (Å²) < 4.78 is 21.7. The first-order valence-corrected chi connectivity index (χ1v) is 6.64. The maximum atomic E-state index is 12.1. The fraction of sp³-hybridized carbons (Fsp3) is 1.00. The molecule has 1 saturated heterocycles. The number of hydrogen-bond donors (Lipinski definition) is 2. The molecule has 1 fully saturated rings. The van der Waals surface area contributed by atoms with E-state index < -0.39 is 9.92 Å². The molecule has 0 spiro atoms. The molecule has 3 unspecified atom stereocenters. The maximum absolute atomic E-state index is 12.1. The highest BCUT2D eigenvalue weighted by Gasteiger charge is 2.36. The molecule has 84 valence electrons. The molecule has 5 heteroatoms. The zero-order chi connectivity index (χ0) is 10.9. The van der Waals surface area contributed by atoms with E-state index in [2.05, 4.69) is 0 Å². The molecular formula is C9H20N2O2S. The summed E-state index contributed by atoms with van der Waals surface area (Å²) in [5, 5.41) is 8.93. The Bertz CT molecular complexity index is 287. The highest BCUT2D eigenvalue weighted by Crippen LogP contribution is 2.28. The molecule has 0 aromatic carbocycles. The highest BCUT2D eigenvalue weighted by molar-refractivity contribution is 7.90. The molecule has 3 atom stereocenters. The summed E-state index contributed by atoms with van der Waals surface area (Å²) in [7, 11) is -2.65. The first-order valence-electron chi connectivity index (χ1n) is 5.06. The molecule has 1 heterocycles. The van der Waals surface area contributed by atoms with E-state index in [-0.39, 0.29) is 23.8 Å². The minimum atomic E-state index is -2.65. The summed E-state index contributed by atoms with van der Waals surface area (Å²) >= 11 is 0. The van der Waals surface area contributed by atoms with Gasteiger partial charge in [0.15, 0.2) is 0 Å². The molecule has 1 rings (SSSR count). The molecule has 0 aromatic heterocycles. The van der Waals surface area contributed by atoms with Crippen LogP contribution in [0.15, 0.2) is 0 Å².